The fraction of sp³-hybridized carbons (Fsp3) is 0.552. The Kier molecular flexibility index (Phi) is 13.6. The van der Waals surface area contributed by atoms with Crippen molar-refractivity contribution < 1.29 is 9.18 Å². The molecule has 3 heteroatoms. The Balaban J connectivity index is 0.000000616. The number of amides is 1. The molecular weight excluding hydrogens is 397 g/mol. The third kappa shape index (κ3) is 13.3. The van der Waals surface area contributed by atoms with Crippen molar-refractivity contribution >= 4 is 5.91 Å². The molecule has 1 amide bonds. The molecule has 0 radical (unpaired) electrons. The first-order valence-electron chi connectivity index (χ1n) is 12.2. The zero-order chi connectivity index (χ0) is 23.8. The molecule has 3 atom stereocenters. The molecule has 1 fully saturated rings. The van der Waals surface area contributed by atoms with Crippen LogP contribution in [0.2, 0.25) is 0 Å². The summed E-state index contributed by atoms with van der Waals surface area (Å²) in [6.45, 7) is 11.9. The van der Waals surface area contributed by atoms with Gasteiger partial charge in [0.25, 0.3) is 0 Å². The first-order valence-corrected chi connectivity index (χ1v) is 12.2. The largest absolute Gasteiger partial charge is 0.352 e. The van der Waals surface area contributed by atoms with Crippen molar-refractivity contribution in [2.75, 3.05) is 6.54 Å². The van der Waals surface area contributed by atoms with Crippen LogP contribution in [0.1, 0.15) is 77.7 Å². The predicted molar refractivity (Wildman–Crippen MR) is 136 cm³/mol. The average molecular weight is 442 g/mol. The van der Waals surface area contributed by atoms with Crippen LogP contribution in [0.4, 0.5) is 4.39 Å². The van der Waals surface area contributed by atoms with Crippen LogP contribution in [0.3, 0.4) is 0 Å². The van der Waals surface area contributed by atoms with Crippen molar-refractivity contribution in [3.8, 4) is 0 Å². The Morgan fingerprint density at radius 1 is 1.25 bits per heavy atom. The van der Waals surface area contributed by atoms with E-state index in [9.17, 15) is 9.18 Å². The molecule has 1 saturated carbocycles. The molecule has 2 nitrogen and oxygen atoms in total. The molecule has 0 heterocycles. The number of rotatable bonds is 11. The molecule has 0 aliphatic heterocycles. The lowest BCUT2D eigenvalue weighted by Crippen LogP contribution is -2.24. The van der Waals surface area contributed by atoms with Crippen LogP contribution in [-0.4, -0.2) is 18.1 Å². The summed E-state index contributed by atoms with van der Waals surface area (Å²) >= 11 is 0. The lowest BCUT2D eigenvalue weighted by atomic mass is 9.90. The van der Waals surface area contributed by atoms with Gasteiger partial charge in [-0.1, -0.05) is 85.7 Å². The fourth-order valence-corrected chi connectivity index (χ4v) is 3.70. The number of carbonyl (C=O) groups excluding carboxylic acids is 1. The van der Waals surface area contributed by atoms with Crippen LogP contribution in [0.5, 0.6) is 0 Å². The second-order valence-corrected chi connectivity index (χ2v) is 9.33. The van der Waals surface area contributed by atoms with Crippen molar-refractivity contribution in [2.45, 2.75) is 84.7 Å². The summed E-state index contributed by atoms with van der Waals surface area (Å²) in [7, 11) is 0. The van der Waals surface area contributed by atoms with Gasteiger partial charge in [0.2, 0.25) is 5.91 Å². The van der Waals surface area contributed by atoms with E-state index >= 15 is 0 Å². The van der Waals surface area contributed by atoms with Gasteiger partial charge in [0.15, 0.2) is 0 Å². The average Bonchev–Trinajstić information content (AvgIpc) is 3.21. The Morgan fingerprint density at radius 3 is 2.56 bits per heavy atom. The number of halogens is 1. The van der Waals surface area contributed by atoms with E-state index < -0.39 is 5.67 Å². The van der Waals surface area contributed by atoms with Crippen molar-refractivity contribution in [1.82, 2.24) is 5.32 Å². The Labute approximate surface area is 196 Å². The van der Waals surface area contributed by atoms with E-state index in [1.54, 1.807) is 13.0 Å². The first kappa shape index (κ1) is 27.9. The van der Waals surface area contributed by atoms with Gasteiger partial charge in [-0.2, -0.15) is 0 Å². The van der Waals surface area contributed by atoms with Crippen LogP contribution < -0.4 is 5.32 Å². The normalized spacial score (nSPS) is 20.0. The summed E-state index contributed by atoms with van der Waals surface area (Å²) in [5.41, 5.74) is 1.12. The molecule has 1 aliphatic rings. The van der Waals surface area contributed by atoms with Gasteiger partial charge in [0, 0.05) is 13.0 Å². The zero-order valence-electron chi connectivity index (χ0n) is 20.7. The van der Waals surface area contributed by atoms with Gasteiger partial charge < -0.3 is 5.32 Å². The molecule has 1 aromatic carbocycles. The van der Waals surface area contributed by atoms with Crippen LogP contribution in [0.25, 0.3) is 0 Å². The molecule has 0 aromatic heterocycles. The van der Waals surface area contributed by atoms with Gasteiger partial charge in [0.1, 0.15) is 5.67 Å². The van der Waals surface area contributed by atoms with Gasteiger partial charge in [0.05, 0.1) is 0 Å². The first-order chi connectivity index (χ1) is 15.2. The van der Waals surface area contributed by atoms with Gasteiger partial charge in [-0.3, -0.25) is 4.79 Å². The molecule has 1 aromatic rings. The molecule has 2 rings (SSSR count). The molecular formula is C29H44FNO. The monoisotopic (exact) mass is 441 g/mol. The lowest BCUT2D eigenvalue weighted by Gasteiger charge is -2.17. The van der Waals surface area contributed by atoms with Gasteiger partial charge >= 0.3 is 0 Å². The number of hydrogen-bond acceptors (Lipinski definition) is 1. The number of benzene rings is 1. The number of carbonyl (C=O) groups is 1. The SMILES string of the molecule is C=C(C)CNC(=O)CCC/C=C\C[C@H]1CCCC1/C=C/C(C)(F)CC.Cc1ccccc1. The van der Waals surface area contributed by atoms with E-state index in [-0.39, 0.29) is 5.91 Å². The summed E-state index contributed by atoms with van der Waals surface area (Å²) in [6, 6.07) is 10.3. The molecule has 178 valence electrons. The molecule has 2 unspecified atom stereocenters. The second kappa shape index (κ2) is 15.6. The van der Waals surface area contributed by atoms with Crippen molar-refractivity contribution in [3.63, 3.8) is 0 Å². The van der Waals surface area contributed by atoms with Crippen LogP contribution in [0.15, 0.2) is 66.8 Å². The highest BCUT2D eigenvalue weighted by atomic mass is 19.1. The summed E-state index contributed by atoms with van der Waals surface area (Å²) in [5, 5.41) is 2.85. The minimum atomic E-state index is -1.17. The quantitative estimate of drug-likeness (QED) is 0.274. The maximum absolute atomic E-state index is 14.0. The predicted octanol–water partition coefficient (Wildman–Crippen LogP) is 7.90. The number of allylic oxidation sites excluding steroid dienone is 4. The van der Waals surface area contributed by atoms with Crippen molar-refractivity contribution in [1.29, 1.82) is 0 Å². The number of aryl methyl sites for hydroxylation is 1. The maximum Gasteiger partial charge on any atom is 0.220 e. The van der Waals surface area contributed by atoms with E-state index in [1.165, 1.54) is 24.8 Å². The van der Waals surface area contributed by atoms with E-state index in [1.807, 2.05) is 32.0 Å². The van der Waals surface area contributed by atoms with Crippen molar-refractivity contribution in [3.05, 3.63) is 72.4 Å². The molecule has 32 heavy (non-hydrogen) atoms. The number of unbranched alkanes of at least 4 members (excludes halogenated alkanes) is 1. The maximum atomic E-state index is 14.0. The van der Waals surface area contributed by atoms with E-state index in [2.05, 4.69) is 49.2 Å². The Bertz CT molecular complexity index is 720. The van der Waals surface area contributed by atoms with Crippen LogP contribution >= 0.6 is 0 Å². The Hall–Kier alpha value is -2.16. The van der Waals surface area contributed by atoms with Gasteiger partial charge in [-0.25, -0.2) is 4.39 Å². The highest BCUT2D eigenvalue weighted by Crippen LogP contribution is 2.36. The molecule has 0 spiro atoms. The Morgan fingerprint density at radius 2 is 1.97 bits per heavy atom. The number of nitrogens with one attached hydrogen (secondary N) is 1. The number of alkyl halides is 1. The van der Waals surface area contributed by atoms with Gasteiger partial charge in [-0.05, 0) is 71.1 Å². The minimum Gasteiger partial charge on any atom is -0.352 e. The topological polar surface area (TPSA) is 29.1 Å². The van der Waals surface area contributed by atoms with Crippen molar-refractivity contribution in [2.24, 2.45) is 11.8 Å². The molecule has 0 saturated heterocycles. The third-order valence-electron chi connectivity index (χ3n) is 6.01. The lowest BCUT2D eigenvalue weighted by molar-refractivity contribution is -0.121. The fourth-order valence-electron chi connectivity index (χ4n) is 3.70. The van der Waals surface area contributed by atoms with E-state index in [0.29, 0.717) is 31.2 Å². The van der Waals surface area contributed by atoms with Gasteiger partial charge in [-0.15, -0.1) is 0 Å². The minimum absolute atomic E-state index is 0.0996. The van der Waals surface area contributed by atoms with E-state index in [4.69, 9.17) is 0 Å². The summed E-state index contributed by atoms with van der Waals surface area (Å²) in [6.07, 6.45) is 15.9. The molecule has 1 aliphatic carbocycles. The van der Waals surface area contributed by atoms with Crippen LogP contribution in [-0.2, 0) is 4.79 Å². The summed E-state index contributed by atoms with van der Waals surface area (Å²) < 4.78 is 14.0. The highest BCUT2D eigenvalue weighted by Gasteiger charge is 2.25. The molecule has 1 N–H and O–H groups in total. The number of hydrogen-bond donors (Lipinski definition) is 1. The zero-order valence-corrected chi connectivity index (χ0v) is 20.7. The smallest absolute Gasteiger partial charge is 0.220 e. The summed E-state index contributed by atoms with van der Waals surface area (Å²) in [5.74, 6) is 1.25. The standard InChI is InChI=1S/C22H36FNO.C7H8/c1-5-22(4,23)16-15-20-13-10-12-19(20)11-8-6-7-9-14-21(25)24-17-18(2)3;1-7-5-3-2-4-6-7/h6,8,15-16,19-20H,2,5,7,9-14,17H2,1,3-4H3,(H,24,25);2-6H,1H3/b8-6-,16-15+;/t19-,20?,22?;/m0./s1. The highest BCUT2D eigenvalue weighted by molar-refractivity contribution is 5.76. The third-order valence-corrected chi connectivity index (χ3v) is 6.01. The van der Waals surface area contributed by atoms with Crippen LogP contribution in [0, 0.1) is 18.8 Å². The summed E-state index contributed by atoms with van der Waals surface area (Å²) in [4.78, 5) is 11.6. The molecule has 0 bridgehead atoms. The van der Waals surface area contributed by atoms with E-state index in [0.717, 1.165) is 24.8 Å². The second-order valence-electron chi connectivity index (χ2n) is 9.33.